The first-order chi connectivity index (χ1) is 10.6. The second-order valence-corrected chi connectivity index (χ2v) is 7.00. The second-order valence-electron chi connectivity index (χ2n) is 5.94. The van der Waals surface area contributed by atoms with Crippen molar-refractivity contribution in [3.63, 3.8) is 0 Å². The minimum Gasteiger partial charge on any atom is -0.327 e. The van der Waals surface area contributed by atoms with Crippen molar-refractivity contribution in [2.75, 3.05) is 5.32 Å². The summed E-state index contributed by atoms with van der Waals surface area (Å²) in [5, 5.41) is 6.06. The average molecular weight is 315 g/mol. The number of hydrogen-bond donors (Lipinski definition) is 2. The molecule has 5 heteroatoms. The molecule has 3 rings (SSSR count). The van der Waals surface area contributed by atoms with Gasteiger partial charge in [-0.25, -0.2) is 4.98 Å². The molecule has 3 N–H and O–H groups in total. The van der Waals surface area contributed by atoms with Crippen LogP contribution in [-0.4, -0.2) is 16.9 Å². The summed E-state index contributed by atoms with van der Waals surface area (Å²) in [6.45, 7) is 2.00. The Bertz CT molecular complexity index is 650. The SMILES string of the molecule is Cc1nc(-c2ccc(NC(=O)C[C@@H]3CCC[C@H]3N)cc2)cs1. The van der Waals surface area contributed by atoms with Crippen molar-refractivity contribution >= 4 is 22.9 Å². The van der Waals surface area contributed by atoms with E-state index in [9.17, 15) is 4.79 Å². The summed E-state index contributed by atoms with van der Waals surface area (Å²) in [5.74, 6) is 0.386. The van der Waals surface area contributed by atoms with Gasteiger partial charge >= 0.3 is 0 Å². The molecule has 1 fully saturated rings. The van der Waals surface area contributed by atoms with E-state index in [4.69, 9.17) is 5.73 Å². The summed E-state index contributed by atoms with van der Waals surface area (Å²) in [6.07, 6.45) is 3.77. The molecular formula is C17H21N3OS. The Labute approximate surface area is 134 Å². The topological polar surface area (TPSA) is 68.0 Å². The maximum Gasteiger partial charge on any atom is 0.224 e. The van der Waals surface area contributed by atoms with E-state index in [1.807, 2.05) is 36.6 Å². The van der Waals surface area contributed by atoms with E-state index in [0.717, 1.165) is 41.2 Å². The summed E-state index contributed by atoms with van der Waals surface area (Å²) in [7, 11) is 0. The van der Waals surface area contributed by atoms with Gasteiger partial charge in [-0.1, -0.05) is 18.6 Å². The predicted octanol–water partition coefficient (Wildman–Crippen LogP) is 3.57. The van der Waals surface area contributed by atoms with Gasteiger partial charge in [0.25, 0.3) is 0 Å². The van der Waals surface area contributed by atoms with Gasteiger partial charge in [-0.2, -0.15) is 0 Å². The average Bonchev–Trinajstić information content (AvgIpc) is 3.09. The number of anilines is 1. The van der Waals surface area contributed by atoms with Gasteiger partial charge in [0.15, 0.2) is 0 Å². The minimum absolute atomic E-state index is 0.0552. The fourth-order valence-corrected chi connectivity index (χ4v) is 3.61. The Hall–Kier alpha value is -1.72. The number of amides is 1. The van der Waals surface area contributed by atoms with Gasteiger partial charge in [0, 0.05) is 29.1 Å². The molecule has 116 valence electrons. The van der Waals surface area contributed by atoms with Gasteiger partial charge in [-0.15, -0.1) is 11.3 Å². The summed E-state index contributed by atoms with van der Waals surface area (Å²) in [5.41, 5.74) is 8.90. The number of thiazole rings is 1. The van der Waals surface area contributed by atoms with Gasteiger partial charge in [-0.3, -0.25) is 4.79 Å². The quantitative estimate of drug-likeness (QED) is 0.906. The Morgan fingerprint density at radius 2 is 2.14 bits per heavy atom. The number of carbonyl (C=O) groups is 1. The highest BCUT2D eigenvalue weighted by molar-refractivity contribution is 7.09. The monoisotopic (exact) mass is 315 g/mol. The molecule has 2 atom stereocenters. The molecule has 0 spiro atoms. The van der Waals surface area contributed by atoms with Crippen LogP contribution in [0, 0.1) is 12.8 Å². The van der Waals surface area contributed by atoms with Crippen LogP contribution in [0.1, 0.15) is 30.7 Å². The first-order valence-electron chi connectivity index (χ1n) is 7.70. The lowest BCUT2D eigenvalue weighted by Gasteiger charge is -2.14. The molecule has 0 saturated heterocycles. The zero-order valence-corrected chi connectivity index (χ0v) is 13.5. The number of aromatic nitrogens is 1. The molecular weight excluding hydrogens is 294 g/mol. The Kier molecular flexibility index (Phi) is 4.55. The maximum absolute atomic E-state index is 12.1. The first-order valence-corrected chi connectivity index (χ1v) is 8.58. The highest BCUT2D eigenvalue weighted by Gasteiger charge is 2.25. The van der Waals surface area contributed by atoms with E-state index in [1.54, 1.807) is 11.3 Å². The summed E-state index contributed by atoms with van der Waals surface area (Å²) >= 11 is 1.64. The third kappa shape index (κ3) is 3.54. The molecule has 1 amide bonds. The molecule has 4 nitrogen and oxygen atoms in total. The molecule has 2 aromatic rings. The summed E-state index contributed by atoms with van der Waals surface area (Å²) in [4.78, 5) is 16.6. The molecule has 1 aromatic heterocycles. The number of aryl methyl sites for hydroxylation is 1. The maximum atomic E-state index is 12.1. The molecule has 1 saturated carbocycles. The lowest BCUT2D eigenvalue weighted by molar-refractivity contribution is -0.117. The van der Waals surface area contributed by atoms with Gasteiger partial charge in [0.05, 0.1) is 10.7 Å². The number of nitrogens with one attached hydrogen (secondary N) is 1. The van der Waals surface area contributed by atoms with Crippen molar-refractivity contribution < 1.29 is 4.79 Å². The van der Waals surface area contributed by atoms with Crippen LogP contribution in [0.2, 0.25) is 0 Å². The van der Waals surface area contributed by atoms with Crippen LogP contribution < -0.4 is 11.1 Å². The number of nitrogens with two attached hydrogens (primary N) is 1. The van der Waals surface area contributed by atoms with Crippen LogP contribution in [0.3, 0.4) is 0 Å². The number of benzene rings is 1. The van der Waals surface area contributed by atoms with Crippen molar-refractivity contribution in [1.82, 2.24) is 4.98 Å². The largest absolute Gasteiger partial charge is 0.327 e. The zero-order chi connectivity index (χ0) is 15.5. The molecule has 1 aromatic carbocycles. The number of carbonyl (C=O) groups excluding carboxylic acids is 1. The van der Waals surface area contributed by atoms with Gasteiger partial charge in [0.1, 0.15) is 0 Å². The smallest absolute Gasteiger partial charge is 0.224 e. The van der Waals surface area contributed by atoms with Crippen LogP contribution >= 0.6 is 11.3 Å². The molecule has 1 aliphatic rings. The Morgan fingerprint density at radius 3 is 2.73 bits per heavy atom. The molecule has 0 bridgehead atoms. The zero-order valence-electron chi connectivity index (χ0n) is 12.7. The lowest BCUT2D eigenvalue weighted by Crippen LogP contribution is -2.28. The van der Waals surface area contributed by atoms with Crippen molar-refractivity contribution in [3.05, 3.63) is 34.7 Å². The normalized spacial score (nSPS) is 21.0. The van der Waals surface area contributed by atoms with E-state index < -0.39 is 0 Å². The van der Waals surface area contributed by atoms with Gasteiger partial charge in [-0.05, 0) is 37.8 Å². The molecule has 22 heavy (non-hydrogen) atoms. The minimum atomic E-state index is 0.0552. The van der Waals surface area contributed by atoms with Crippen LogP contribution in [0.25, 0.3) is 11.3 Å². The lowest BCUT2D eigenvalue weighted by atomic mass is 10.00. The van der Waals surface area contributed by atoms with Crippen molar-refractivity contribution in [2.45, 2.75) is 38.6 Å². The molecule has 0 aliphatic heterocycles. The molecule has 0 radical (unpaired) electrons. The first kappa shape index (κ1) is 15.2. The van der Waals surface area contributed by atoms with E-state index in [1.165, 1.54) is 0 Å². The highest BCUT2D eigenvalue weighted by atomic mass is 32.1. The molecule has 0 unspecified atom stereocenters. The van der Waals surface area contributed by atoms with Crippen molar-refractivity contribution in [1.29, 1.82) is 0 Å². The van der Waals surface area contributed by atoms with Crippen LogP contribution in [-0.2, 0) is 4.79 Å². The van der Waals surface area contributed by atoms with Gasteiger partial charge in [0.2, 0.25) is 5.91 Å². The van der Waals surface area contributed by atoms with Crippen LogP contribution in [0.15, 0.2) is 29.6 Å². The van der Waals surface area contributed by atoms with Crippen molar-refractivity contribution in [2.24, 2.45) is 11.7 Å². The van der Waals surface area contributed by atoms with Gasteiger partial charge < -0.3 is 11.1 Å². The Balaban J connectivity index is 1.60. The van der Waals surface area contributed by atoms with E-state index in [-0.39, 0.29) is 11.9 Å². The third-order valence-corrected chi connectivity index (χ3v) is 5.02. The van der Waals surface area contributed by atoms with E-state index >= 15 is 0 Å². The van der Waals surface area contributed by atoms with Crippen molar-refractivity contribution in [3.8, 4) is 11.3 Å². The number of nitrogens with zero attached hydrogens (tertiary/aromatic N) is 1. The fraction of sp³-hybridized carbons (Fsp3) is 0.412. The molecule has 1 heterocycles. The highest BCUT2D eigenvalue weighted by Crippen LogP contribution is 2.27. The van der Waals surface area contributed by atoms with Crippen LogP contribution in [0.4, 0.5) is 5.69 Å². The number of hydrogen-bond acceptors (Lipinski definition) is 4. The fourth-order valence-electron chi connectivity index (χ4n) is 2.99. The van der Waals surface area contributed by atoms with E-state index in [2.05, 4.69) is 10.3 Å². The second kappa shape index (κ2) is 6.58. The standard InChI is InChI=1S/C17H21N3OS/c1-11-19-16(10-22-11)12-5-7-14(8-6-12)20-17(21)9-13-3-2-4-15(13)18/h5-8,10,13,15H,2-4,9,18H2,1H3,(H,20,21)/t13-,15+/m0/s1. The predicted molar refractivity (Wildman–Crippen MR) is 90.9 cm³/mol. The van der Waals surface area contributed by atoms with Crippen LogP contribution in [0.5, 0.6) is 0 Å². The van der Waals surface area contributed by atoms with E-state index in [0.29, 0.717) is 12.3 Å². The summed E-state index contributed by atoms with van der Waals surface area (Å²) in [6, 6.07) is 8.02. The summed E-state index contributed by atoms with van der Waals surface area (Å²) < 4.78 is 0. The number of rotatable bonds is 4. The molecule has 1 aliphatic carbocycles. The Morgan fingerprint density at radius 1 is 1.36 bits per heavy atom. The third-order valence-electron chi connectivity index (χ3n) is 4.25.